The lowest BCUT2D eigenvalue weighted by molar-refractivity contribution is -0.140. The first-order valence-corrected chi connectivity index (χ1v) is 9.88. The van der Waals surface area contributed by atoms with E-state index in [1.165, 1.54) is 18.2 Å². The summed E-state index contributed by atoms with van der Waals surface area (Å²) in [4.78, 5) is 23.7. The van der Waals surface area contributed by atoms with Gasteiger partial charge in [0, 0.05) is 0 Å². The molecule has 5 heteroatoms. The summed E-state index contributed by atoms with van der Waals surface area (Å²) in [5.41, 5.74) is 0.743. The zero-order valence-electron chi connectivity index (χ0n) is 16.9. The fourth-order valence-electron chi connectivity index (χ4n) is 3.45. The fourth-order valence-corrected chi connectivity index (χ4v) is 3.45. The van der Waals surface area contributed by atoms with Gasteiger partial charge in [0.1, 0.15) is 5.82 Å². The fraction of sp³-hybridized carbons (Fsp3) is 0.636. The van der Waals surface area contributed by atoms with E-state index < -0.39 is 29.6 Å². The third-order valence-electron chi connectivity index (χ3n) is 4.94. The number of halogens is 1. The molecule has 2 N–H and O–H groups in total. The normalized spacial score (nSPS) is 13.7. The molecule has 0 spiro atoms. The Balaban J connectivity index is 3.17. The Morgan fingerprint density at radius 3 is 1.67 bits per heavy atom. The van der Waals surface area contributed by atoms with Crippen molar-refractivity contribution in [3.05, 3.63) is 35.1 Å². The maximum absolute atomic E-state index is 13.9. The highest BCUT2D eigenvalue weighted by atomic mass is 19.1. The van der Waals surface area contributed by atoms with Gasteiger partial charge in [-0.05, 0) is 47.9 Å². The van der Waals surface area contributed by atoms with Crippen molar-refractivity contribution in [1.82, 2.24) is 0 Å². The third kappa shape index (κ3) is 7.69. The van der Waals surface area contributed by atoms with Crippen LogP contribution in [-0.2, 0) is 9.59 Å². The molecule has 0 aromatic heterocycles. The standard InChI is InChI=1S/C22H33FO4/c1-14(2)7-5-9-18(21(24)25)17-12-11-16(23)13-20(17)19(22(26)27)10-6-8-15(3)4/h11-15,18-19H,5-10H2,1-4H3,(H,24,25)(H,26,27). The molecular formula is C22H33FO4. The van der Waals surface area contributed by atoms with E-state index in [1.807, 2.05) is 0 Å². The van der Waals surface area contributed by atoms with Crippen LogP contribution in [0.5, 0.6) is 0 Å². The summed E-state index contributed by atoms with van der Waals surface area (Å²) in [5.74, 6) is -3.33. The molecule has 0 aliphatic carbocycles. The van der Waals surface area contributed by atoms with Gasteiger partial charge in [-0.1, -0.05) is 59.4 Å². The minimum atomic E-state index is -1.03. The Morgan fingerprint density at radius 2 is 1.26 bits per heavy atom. The average Bonchev–Trinajstić information content (AvgIpc) is 2.55. The Bertz CT molecular complexity index is 625. The predicted molar refractivity (Wildman–Crippen MR) is 105 cm³/mol. The molecule has 2 unspecified atom stereocenters. The van der Waals surface area contributed by atoms with Crippen LogP contribution in [0.25, 0.3) is 0 Å². The maximum atomic E-state index is 13.9. The predicted octanol–water partition coefficient (Wildman–Crippen LogP) is 5.81. The second-order valence-corrected chi connectivity index (χ2v) is 8.20. The number of hydrogen-bond acceptors (Lipinski definition) is 2. The van der Waals surface area contributed by atoms with Gasteiger partial charge in [-0.2, -0.15) is 0 Å². The van der Waals surface area contributed by atoms with E-state index in [-0.39, 0.29) is 0 Å². The van der Waals surface area contributed by atoms with Gasteiger partial charge >= 0.3 is 11.9 Å². The van der Waals surface area contributed by atoms with Gasteiger partial charge in [0.15, 0.2) is 0 Å². The lowest BCUT2D eigenvalue weighted by Crippen LogP contribution is -2.19. The molecule has 1 aromatic rings. The van der Waals surface area contributed by atoms with Crippen LogP contribution in [0.3, 0.4) is 0 Å². The van der Waals surface area contributed by atoms with Crippen LogP contribution in [0.15, 0.2) is 18.2 Å². The summed E-state index contributed by atoms with van der Waals surface area (Å²) >= 11 is 0. The van der Waals surface area contributed by atoms with E-state index in [4.69, 9.17) is 0 Å². The molecule has 152 valence electrons. The molecule has 27 heavy (non-hydrogen) atoms. The summed E-state index contributed by atoms with van der Waals surface area (Å²) in [6, 6.07) is 3.89. The minimum absolute atomic E-state index is 0.309. The van der Waals surface area contributed by atoms with Gasteiger partial charge in [0.2, 0.25) is 0 Å². The van der Waals surface area contributed by atoms with Crippen molar-refractivity contribution < 1.29 is 24.2 Å². The first-order valence-electron chi connectivity index (χ1n) is 9.88. The highest BCUT2D eigenvalue weighted by molar-refractivity contribution is 5.80. The van der Waals surface area contributed by atoms with Gasteiger partial charge in [-0.15, -0.1) is 0 Å². The molecule has 0 amide bonds. The SMILES string of the molecule is CC(C)CCCC(C(=O)O)c1ccc(F)cc1C(CCCC(C)C)C(=O)O. The van der Waals surface area contributed by atoms with Crippen molar-refractivity contribution in [2.24, 2.45) is 11.8 Å². The van der Waals surface area contributed by atoms with Crippen molar-refractivity contribution >= 4 is 11.9 Å². The topological polar surface area (TPSA) is 74.6 Å². The molecule has 1 aromatic carbocycles. The largest absolute Gasteiger partial charge is 0.481 e. The monoisotopic (exact) mass is 380 g/mol. The molecule has 0 aliphatic rings. The first kappa shape index (κ1) is 23.1. The molecule has 0 saturated carbocycles. The van der Waals surface area contributed by atoms with E-state index in [1.54, 1.807) is 0 Å². The highest BCUT2D eigenvalue weighted by Gasteiger charge is 2.29. The van der Waals surface area contributed by atoms with Gasteiger partial charge in [-0.3, -0.25) is 9.59 Å². The molecular weight excluding hydrogens is 347 g/mol. The quantitative estimate of drug-likeness (QED) is 0.479. The van der Waals surface area contributed by atoms with E-state index in [0.717, 1.165) is 19.3 Å². The zero-order chi connectivity index (χ0) is 20.6. The summed E-state index contributed by atoms with van der Waals surface area (Å²) in [6.07, 6.45) is 4.02. The summed E-state index contributed by atoms with van der Waals surface area (Å²) in [6.45, 7) is 8.29. The summed E-state index contributed by atoms with van der Waals surface area (Å²) in [7, 11) is 0. The van der Waals surface area contributed by atoms with Crippen LogP contribution in [0.2, 0.25) is 0 Å². The number of carboxylic acids is 2. The van der Waals surface area contributed by atoms with E-state index in [9.17, 15) is 24.2 Å². The maximum Gasteiger partial charge on any atom is 0.310 e. The Hall–Kier alpha value is -1.91. The van der Waals surface area contributed by atoms with Crippen LogP contribution < -0.4 is 0 Å². The van der Waals surface area contributed by atoms with Crippen molar-refractivity contribution in [2.75, 3.05) is 0 Å². The average molecular weight is 381 g/mol. The molecule has 4 nitrogen and oxygen atoms in total. The Morgan fingerprint density at radius 1 is 0.815 bits per heavy atom. The van der Waals surface area contributed by atoms with Gasteiger partial charge < -0.3 is 10.2 Å². The Labute approximate surface area is 161 Å². The van der Waals surface area contributed by atoms with Crippen molar-refractivity contribution in [1.29, 1.82) is 0 Å². The molecule has 0 aliphatic heterocycles. The van der Waals surface area contributed by atoms with Gasteiger partial charge in [0.25, 0.3) is 0 Å². The van der Waals surface area contributed by atoms with Crippen LogP contribution >= 0.6 is 0 Å². The summed E-state index contributed by atoms with van der Waals surface area (Å²) in [5, 5.41) is 19.4. The minimum Gasteiger partial charge on any atom is -0.481 e. The second-order valence-electron chi connectivity index (χ2n) is 8.20. The first-order chi connectivity index (χ1) is 12.6. The Kier molecular flexibility index (Phi) is 9.47. The van der Waals surface area contributed by atoms with Crippen LogP contribution in [-0.4, -0.2) is 22.2 Å². The zero-order valence-corrected chi connectivity index (χ0v) is 16.9. The van der Waals surface area contributed by atoms with Gasteiger partial charge in [-0.25, -0.2) is 4.39 Å². The smallest absolute Gasteiger partial charge is 0.310 e. The van der Waals surface area contributed by atoms with Crippen molar-refractivity contribution in [3.63, 3.8) is 0 Å². The van der Waals surface area contributed by atoms with Gasteiger partial charge in [0.05, 0.1) is 11.8 Å². The molecule has 0 heterocycles. The highest BCUT2D eigenvalue weighted by Crippen LogP contribution is 2.34. The molecule has 0 saturated heterocycles. The van der Waals surface area contributed by atoms with Crippen molar-refractivity contribution in [2.45, 2.75) is 78.1 Å². The van der Waals surface area contributed by atoms with Crippen LogP contribution in [0, 0.1) is 17.7 Å². The molecule has 1 rings (SSSR count). The van der Waals surface area contributed by atoms with Crippen LogP contribution in [0.4, 0.5) is 4.39 Å². The lowest BCUT2D eigenvalue weighted by atomic mass is 9.82. The molecule has 0 fully saturated rings. The summed E-state index contributed by atoms with van der Waals surface area (Å²) < 4.78 is 13.9. The second kappa shape index (κ2) is 11.1. The van der Waals surface area contributed by atoms with Crippen molar-refractivity contribution in [3.8, 4) is 0 Å². The number of rotatable bonds is 12. The van der Waals surface area contributed by atoms with E-state index in [0.29, 0.717) is 42.2 Å². The molecule has 2 atom stereocenters. The molecule has 0 bridgehead atoms. The lowest BCUT2D eigenvalue weighted by Gasteiger charge is -2.22. The molecule has 0 radical (unpaired) electrons. The van der Waals surface area contributed by atoms with E-state index in [2.05, 4.69) is 27.7 Å². The number of aliphatic carboxylic acids is 2. The van der Waals surface area contributed by atoms with Crippen LogP contribution in [0.1, 0.15) is 89.2 Å². The van der Waals surface area contributed by atoms with E-state index >= 15 is 0 Å². The number of carboxylic acid groups (broad SMARTS) is 2. The number of hydrogen-bond donors (Lipinski definition) is 2. The number of benzene rings is 1. The number of carbonyl (C=O) groups is 2. The third-order valence-corrected chi connectivity index (χ3v) is 4.94.